The first-order valence-corrected chi connectivity index (χ1v) is 18.0. The van der Waals surface area contributed by atoms with Crippen molar-refractivity contribution in [3.63, 3.8) is 0 Å². The molecule has 0 unspecified atom stereocenters. The number of ketones is 2. The lowest BCUT2D eigenvalue weighted by Crippen LogP contribution is -2.59. The van der Waals surface area contributed by atoms with Crippen LogP contribution in [-0.2, 0) is 24.6 Å². The van der Waals surface area contributed by atoms with Crippen molar-refractivity contribution in [3.8, 4) is 17.2 Å². The number of phenolic OH excluding ortho intramolecular Hbond substituents is 1. The number of benzene rings is 4. The SMILES string of the molecule is COc1cc(O)cc(OC)c1[C@H]1C2=CC[C@@H]3C(=O)N(c4ccc(I)cc4)C(=O)[C@@H]3[C@@H]2C[C@H]2C(=O)C(c3ccccc3)=CC(=O)[C@@]12c1ccccc1. The fourth-order valence-corrected chi connectivity index (χ4v) is 9.60. The van der Waals surface area contributed by atoms with Crippen LogP contribution < -0.4 is 14.4 Å². The third-order valence-corrected chi connectivity index (χ3v) is 12.0. The van der Waals surface area contributed by atoms with Gasteiger partial charge in [0.15, 0.2) is 11.6 Å². The van der Waals surface area contributed by atoms with Crippen molar-refractivity contribution in [1.82, 2.24) is 0 Å². The molecule has 1 saturated heterocycles. The first kappa shape index (κ1) is 33.1. The molecule has 2 fully saturated rings. The molecular formula is C42H34INO7. The minimum absolute atomic E-state index is 0.0927. The summed E-state index contributed by atoms with van der Waals surface area (Å²) in [5.41, 5.74) is 1.91. The number of anilines is 1. The van der Waals surface area contributed by atoms with E-state index in [1.165, 1.54) is 37.3 Å². The molecule has 51 heavy (non-hydrogen) atoms. The van der Waals surface area contributed by atoms with E-state index in [0.717, 1.165) is 9.14 Å². The van der Waals surface area contributed by atoms with Gasteiger partial charge in [-0.2, -0.15) is 0 Å². The van der Waals surface area contributed by atoms with Gasteiger partial charge in [0.05, 0.1) is 37.2 Å². The highest BCUT2D eigenvalue weighted by Crippen LogP contribution is 2.65. The smallest absolute Gasteiger partial charge is 0.238 e. The molecule has 9 heteroatoms. The molecule has 1 saturated carbocycles. The van der Waals surface area contributed by atoms with Crippen LogP contribution >= 0.6 is 22.6 Å². The molecule has 0 spiro atoms. The second-order valence-electron chi connectivity index (χ2n) is 13.5. The average molecular weight is 792 g/mol. The molecule has 3 aliphatic carbocycles. The molecule has 8 rings (SSSR count). The number of amides is 2. The van der Waals surface area contributed by atoms with Crippen LogP contribution in [-0.4, -0.2) is 42.7 Å². The number of hydrogen-bond donors (Lipinski definition) is 1. The molecule has 0 aromatic heterocycles. The third kappa shape index (κ3) is 4.92. The van der Waals surface area contributed by atoms with E-state index >= 15 is 9.59 Å². The van der Waals surface area contributed by atoms with Crippen molar-refractivity contribution >= 4 is 57.2 Å². The maximum atomic E-state index is 15.3. The Balaban J connectivity index is 1.40. The highest BCUT2D eigenvalue weighted by molar-refractivity contribution is 14.1. The second-order valence-corrected chi connectivity index (χ2v) is 14.8. The molecule has 8 nitrogen and oxygen atoms in total. The molecule has 0 radical (unpaired) electrons. The van der Waals surface area contributed by atoms with Gasteiger partial charge in [-0.25, -0.2) is 0 Å². The monoisotopic (exact) mass is 791 g/mol. The lowest BCUT2D eigenvalue weighted by molar-refractivity contribution is -0.135. The van der Waals surface area contributed by atoms with Gasteiger partial charge in [-0.15, -0.1) is 0 Å². The van der Waals surface area contributed by atoms with Crippen LogP contribution in [0, 0.1) is 27.2 Å². The zero-order valence-electron chi connectivity index (χ0n) is 27.9. The fourth-order valence-electron chi connectivity index (χ4n) is 9.24. The number of ether oxygens (including phenoxy) is 2. The summed E-state index contributed by atoms with van der Waals surface area (Å²) in [6, 6.07) is 28.7. The summed E-state index contributed by atoms with van der Waals surface area (Å²) in [6.45, 7) is 0. The summed E-state index contributed by atoms with van der Waals surface area (Å²) in [5, 5.41) is 10.7. The van der Waals surface area contributed by atoms with E-state index in [2.05, 4.69) is 22.6 Å². The van der Waals surface area contributed by atoms with Gasteiger partial charge in [0.1, 0.15) is 17.2 Å². The molecular weight excluding hydrogens is 757 g/mol. The molecule has 4 aromatic rings. The lowest BCUT2D eigenvalue weighted by Gasteiger charge is -2.55. The molecule has 4 aliphatic rings. The van der Waals surface area contributed by atoms with Crippen molar-refractivity contribution in [2.24, 2.45) is 23.7 Å². The van der Waals surface area contributed by atoms with Crippen molar-refractivity contribution in [1.29, 1.82) is 0 Å². The van der Waals surface area contributed by atoms with Gasteiger partial charge in [-0.3, -0.25) is 24.1 Å². The van der Waals surface area contributed by atoms with Gasteiger partial charge in [-0.1, -0.05) is 72.3 Å². The Labute approximate surface area is 308 Å². The largest absolute Gasteiger partial charge is 0.508 e. The number of phenols is 1. The number of fused-ring (bicyclic) bond motifs is 4. The van der Waals surface area contributed by atoms with Crippen molar-refractivity contribution in [2.75, 3.05) is 19.1 Å². The summed E-state index contributed by atoms with van der Waals surface area (Å²) in [6.07, 6.45) is 3.93. The zero-order chi connectivity index (χ0) is 35.6. The first-order chi connectivity index (χ1) is 24.7. The standard InChI is InChI=1S/C42H34INO7/c1-50-33-19-27(45)20-34(51-2)37(33)38-28-17-18-29-36(41(49)44(40(29)48)26-15-13-25(43)14-16-26)31(28)21-32-39(47)30(23-9-5-3-6-10-23)22-35(46)42(32,38)24-11-7-4-8-12-24/h3-17,19-20,22,29,31-32,36,38,45H,18,21H2,1-2H3/t29-,31+,32-,36-,38+,42-/m0/s1. The summed E-state index contributed by atoms with van der Waals surface area (Å²) in [5.74, 6) is -4.29. The van der Waals surface area contributed by atoms with Crippen LogP contribution in [0.2, 0.25) is 0 Å². The molecule has 1 heterocycles. The molecule has 256 valence electrons. The highest BCUT2D eigenvalue weighted by Gasteiger charge is 2.66. The van der Waals surface area contributed by atoms with Gasteiger partial charge < -0.3 is 14.6 Å². The number of Topliss-reactive ketones (excluding diaryl/α,β-unsaturated/α-hetero) is 1. The minimum atomic E-state index is -1.47. The summed E-state index contributed by atoms with van der Waals surface area (Å²) < 4.78 is 12.8. The lowest BCUT2D eigenvalue weighted by atomic mass is 9.44. The van der Waals surface area contributed by atoms with Crippen molar-refractivity contribution in [2.45, 2.75) is 24.2 Å². The summed E-state index contributed by atoms with van der Waals surface area (Å²) in [4.78, 5) is 60.4. The van der Waals surface area contributed by atoms with E-state index in [1.807, 2.05) is 78.9 Å². The van der Waals surface area contributed by atoms with E-state index < -0.39 is 35.0 Å². The molecule has 1 N–H and O–H groups in total. The number of rotatable bonds is 6. The maximum Gasteiger partial charge on any atom is 0.238 e. The maximum absolute atomic E-state index is 15.3. The fraction of sp³-hybridized carbons (Fsp3) is 0.238. The van der Waals surface area contributed by atoms with Gasteiger partial charge in [0.25, 0.3) is 0 Å². The van der Waals surface area contributed by atoms with E-state index in [1.54, 1.807) is 12.1 Å². The Morgan fingerprint density at radius 3 is 2.06 bits per heavy atom. The predicted molar refractivity (Wildman–Crippen MR) is 199 cm³/mol. The second kappa shape index (κ2) is 12.6. The Bertz CT molecular complexity index is 2140. The van der Waals surface area contributed by atoms with Crippen LogP contribution in [0.3, 0.4) is 0 Å². The first-order valence-electron chi connectivity index (χ1n) is 16.9. The van der Waals surface area contributed by atoms with Crippen molar-refractivity contribution in [3.05, 3.63) is 135 Å². The minimum Gasteiger partial charge on any atom is -0.508 e. The molecule has 2 amide bonds. The Hall–Kier alpha value is -5.03. The highest BCUT2D eigenvalue weighted by atomic mass is 127. The number of halogens is 1. The molecule has 4 aromatic carbocycles. The molecule has 6 atom stereocenters. The Kier molecular flexibility index (Phi) is 8.21. The van der Waals surface area contributed by atoms with E-state index in [4.69, 9.17) is 9.47 Å². The Morgan fingerprint density at radius 1 is 0.804 bits per heavy atom. The van der Waals surface area contributed by atoms with Gasteiger partial charge >= 0.3 is 0 Å². The number of carbonyl (C=O) groups excluding carboxylic acids is 4. The van der Waals surface area contributed by atoms with Gasteiger partial charge in [0, 0.05) is 38.7 Å². The van der Waals surface area contributed by atoms with Crippen LogP contribution in [0.15, 0.2) is 115 Å². The number of allylic oxidation sites excluding steroid dienone is 4. The molecule has 0 bridgehead atoms. The van der Waals surface area contributed by atoms with Crippen LogP contribution in [0.25, 0.3) is 5.57 Å². The van der Waals surface area contributed by atoms with Crippen LogP contribution in [0.1, 0.15) is 35.4 Å². The quantitative estimate of drug-likeness (QED) is 0.127. The van der Waals surface area contributed by atoms with Gasteiger partial charge in [-0.05, 0) is 82.8 Å². The topological polar surface area (TPSA) is 110 Å². The van der Waals surface area contributed by atoms with E-state index in [-0.39, 0.29) is 53.5 Å². The number of carbonyl (C=O) groups is 4. The predicted octanol–water partition coefficient (Wildman–Crippen LogP) is 7.04. The third-order valence-electron chi connectivity index (χ3n) is 11.3. The van der Waals surface area contributed by atoms with E-state index in [0.29, 0.717) is 28.0 Å². The normalized spacial score (nSPS) is 26.9. The number of methoxy groups -OCH3 is 2. The van der Waals surface area contributed by atoms with Gasteiger partial charge in [0.2, 0.25) is 11.8 Å². The number of nitrogens with zero attached hydrogens (tertiary/aromatic N) is 1. The van der Waals surface area contributed by atoms with Crippen LogP contribution in [0.4, 0.5) is 5.69 Å². The van der Waals surface area contributed by atoms with Crippen LogP contribution in [0.5, 0.6) is 17.2 Å². The zero-order valence-corrected chi connectivity index (χ0v) is 30.1. The summed E-state index contributed by atoms with van der Waals surface area (Å²) >= 11 is 2.18. The number of imide groups is 1. The van der Waals surface area contributed by atoms with E-state index in [9.17, 15) is 14.7 Å². The molecule has 1 aliphatic heterocycles. The van der Waals surface area contributed by atoms with Crippen molar-refractivity contribution < 1.29 is 33.8 Å². The number of hydrogen-bond acceptors (Lipinski definition) is 7. The summed E-state index contributed by atoms with van der Waals surface area (Å²) in [7, 11) is 2.96. The number of aromatic hydroxyl groups is 1. The Morgan fingerprint density at radius 2 is 1.43 bits per heavy atom. The average Bonchev–Trinajstić information content (AvgIpc) is 3.41.